The van der Waals surface area contributed by atoms with E-state index in [1.165, 1.54) is 30.8 Å². The summed E-state index contributed by atoms with van der Waals surface area (Å²) in [7, 11) is 4.50. The molecule has 3 aromatic rings. The van der Waals surface area contributed by atoms with Crippen LogP contribution < -0.4 is 16.7 Å². The standard InChI is InChI=1S/C16H11BClFN4O2/c1-22-14-12(15(24)23(2)16(22)25)11(9(6-20)13(18)21-14)8-5-7(19)3-4-10(8)17/h3-5H,17H2,1-2H3. The van der Waals surface area contributed by atoms with Crippen LogP contribution in [0.3, 0.4) is 0 Å². The lowest BCUT2D eigenvalue weighted by atomic mass is 9.85. The highest BCUT2D eigenvalue weighted by molar-refractivity contribution is 6.37. The van der Waals surface area contributed by atoms with E-state index >= 15 is 0 Å². The lowest BCUT2D eigenvalue weighted by Crippen LogP contribution is -2.37. The topological polar surface area (TPSA) is 80.7 Å². The molecule has 0 radical (unpaired) electrons. The van der Waals surface area contributed by atoms with Gasteiger partial charge < -0.3 is 0 Å². The third-order valence-corrected chi connectivity index (χ3v) is 4.40. The van der Waals surface area contributed by atoms with Gasteiger partial charge >= 0.3 is 5.69 Å². The van der Waals surface area contributed by atoms with Gasteiger partial charge in [-0.2, -0.15) is 5.26 Å². The van der Waals surface area contributed by atoms with Gasteiger partial charge in [-0.15, -0.1) is 0 Å². The minimum absolute atomic E-state index is 0.0377. The lowest BCUT2D eigenvalue weighted by molar-refractivity contribution is 0.628. The normalized spacial score (nSPS) is 10.8. The molecule has 0 bridgehead atoms. The summed E-state index contributed by atoms with van der Waals surface area (Å²) < 4.78 is 15.9. The predicted molar refractivity (Wildman–Crippen MR) is 95.5 cm³/mol. The van der Waals surface area contributed by atoms with E-state index in [0.717, 1.165) is 4.57 Å². The average molecular weight is 357 g/mol. The molecule has 0 spiro atoms. The van der Waals surface area contributed by atoms with Crippen molar-refractivity contribution in [3.8, 4) is 17.2 Å². The second-order valence-corrected chi connectivity index (χ2v) is 5.99. The van der Waals surface area contributed by atoms with Crippen LogP contribution in [0.5, 0.6) is 0 Å². The Morgan fingerprint density at radius 3 is 2.60 bits per heavy atom. The molecule has 0 aliphatic rings. The van der Waals surface area contributed by atoms with Crippen molar-refractivity contribution in [2.45, 2.75) is 0 Å². The molecule has 0 N–H and O–H groups in total. The van der Waals surface area contributed by atoms with Gasteiger partial charge in [0.05, 0.1) is 10.9 Å². The van der Waals surface area contributed by atoms with Crippen molar-refractivity contribution in [2.24, 2.45) is 14.1 Å². The Hall–Kier alpha value is -2.92. The van der Waals surface area contributed by atoms with Crippen molar-refractivity contribution in [1.29, 1.82) is 5.26 Å². The van der Waals surface area contributed by atoms with Crippen LogP contribution in [0, 0.1) is 17.1 Å². The van der Waals surface area contributed by atoms with E-state index < -0.39 is 17.1 Å². The summed E-state index contributed by atoms with van der Waals surface area (Å²) in [5.41, 5.74) is -0.0378. The Kier molecular flexibility index (Phi) is 3.97. The molecule has 25 heavy (non-hydrogen) atoms. The second-order valence-electron chi connectivity index (χ2n) is 5.63. The van der Waals surface area contributed by atoms with E-state index in [1.807, 2.05) is 6.07 Å². The Bertz CT molecular complexity index is 1210. The van der Waals surface area contributed by atoms with Crippen LogP contribution in [-0.4, -0.2) is 22.0 Å². The summed E-state index contributed by atoms with van der Waals surface area (Å²) in [4.78, 5) is 28.9. The number of rotatable bonds is 1. The maximum atomic E-state index is 13.8. The van der Waals surface area contributed by atoms with Crippen LogP contribution in [0.1, 0.15) is 5.56 Å². The van der Waals surface area contributed by atoms with E-state index in [1.54, 1.807) is 13.9 Å². The first-order valence-electron chi connectivity index (χ1n) is 7.23. The van der Waals surface area contributed by atoms with Crippen molar-refractivity contribution >= 4 is 35.9 Å². The number of hydrogen-bond donors (Lipinski definition) is 0. The molecule has 2 heterocycles. The van der Waals surface area contributed by atoms with Crippen molar-refractivity contribution in [3.63, 3.8) is 0 Å². The molecule has 2 aromatic heterocycles. The van der Waals surface area contributed by atoms with Crippen LogP contribution in [0.4, 0.5) is 4.39 Å². The SMILES string of the molecule is Bc1ccc(F)cc1-c1c(C#N)c(Cl)nc2c1c(=O)n(C)c(=O)n2C. The third kappa shape index (κ3) is 2.44. The second kappa shape index (κ2) is 5.86. The maximum Gasteiger partial charge on any atom is 0.332 e. The van der Waals surface area contributed by atoms with Crippen LogP contribution in [0.25, 0.3) is 22.2 Å². The number of aryl methyl sites for hydroxylation is 1. The van der Waals surface area contributed by atoms with Crippen molar-refractivity contribution < 1.29 is 4.39 Å². The number of fused-ring (bicyclic) bond motifs is 1. The molecule has 0 saturated heterocycles. The van der Waals surface area contributed by atoms with Crippen LogP contribution in [0.2, 0.25) is 5.15 Å². The van der Waals surface area contributed by atoms with E-state index in [9.17, 15) is 19.2 Å². The molecule has 0 aliphatic carbocycles. The number of benzene rings is 1. The summed E-state index contributed by atoms with van der Waals surface area (Å²) >= 11 is 6.12. The molecule has 0 unspecified atom stereocenters. The minimum atomic E-state index is -0.627. The average Bonchev–Trinajstić information content (AvgIpc) is 2.59. The molecule has 9 heteroatoms. The Balaban J connectivity index is 2.71. The van der Waals surface area contributed by atoms with E-state index in [2.05, 4.69) is 4.98 Å². The highest BCUT2D eigenvalue weighted by atomic mass is 35.5. The molecule has 124 valence electrons. The number of aromatic nitrogens is 3. The summed E-state index contributed by atoms with van der Waals surface area (Å²) in [6.45, 7) is 0. The largest absolute Gasteiger partial charge is 0.332 e. The summed E-state index contributed by atoms with van der Waals surface area (Å²) in [6.07, 6.45) is 0. The molecule has 0 amide bonds. The van der Waals surface area contributed by atoms with Crippen molar-refractivity contribution in [2.75, 3.05) is 0 Å². The number of nitriles is 1. The molecule has 0 atom stereocenters. The van der Waals surface area contributed by atoms with Gasteiger partial charge in [-0.05, 0) is 17.7 Å². The zero-order valence-electron chi connectivity index (χ0n) is 13.6. The van der Waals surface area contributed by atoms with Crippen LogP contribution in [0.15, 0.2) is 27.8 Å². The summed E-state index contributed by atoms with van der Waals surface area (Å²) in [5.74, 6) is -0.521. The Morgan fingerprint density at radius 2 is 1.96 bits per heavy atom. The fourth-order valence-electron chi connectivity index (χ4n) is 2.80. The number of pyridine rings is 1. The van der Waals surface area contributed by atoms with E-state index in [-0.39, 0.29) is 27.3 Å². The highest BCUT2D eigenvalue weighted by Crippen LogP contribution is 2.31. The Morgan fingerprint density at radius 1 is 1.28 bits per heavy atom. The van der Waals surface area contributed by atoms with Gasteiger partial charge in [-0.1, -0.05) is 23.1 Å². The van der Waals surface area contributed by atoms with E-state index in [4.69, 9.17) is 11.6 Å². The monoisotopic (exact) mass is 356 g/mol. The predicted octanol–water partition coefficient (Wildman–Crippen LogP) is 0.222. The molecule has 0 aliphatic heterocycles. The first-order chi connectivity index (χ1) is 11.8. The fraction of sp³-hybridized carbons (Fsp3) is 0.125. The molecule has 3 rings (SSSR count). The number of halogens is 2. The van der Waals surface area contributed by atoms with Gasteiger partial charge in [0.1, 0.15) is 24.9 Å². The van der Waals surface area contributed by atoms with Gasteiger partial charge in [0.25, 0.3) is 5.56 Å². The van der Waals surface area contributed by atoms with Gasteiger partial charge in [-0.3, -0.25) is 13.9 Å². The van der Waals surface area contributed by atoms with E-state index in [0.29, 0.717) is 11.0 Å². The van der Waals surface area contributed by atoms with Gasteiger partial charge in [0.15, 0.2) is 5.65 Å². The molecule has 0 fully saturated rings. The van der Waals surface area contributed by atoms with Gasteiger partial charge in [0, 0.05) is 19.7 Å². The van der Waals surface area contributed by atoms with Crippen molar-refractivity contribution in [3.05, 3.63) is 55.6 Å². The lowest BCUT2D eigenvalue weighted by Gasteiger charge is -2.15. The zero-order chi connectivity index (χ0) is 18.5. The van der Waals surface area contributed by atoms with Crippen LogP contribution in [-0.2, 0) is 14.1 Å². The molecular formula is C16H11BClFN4O2. The summed E-state index contributed by atoms with van der Waals surface area (Å²) in [5, 5.41) is 9.40. The first-order valence-corrected chi connectivity index (χ1v) is 7.61. The summed E-state index contributed by atoms with van der Waals surface area (Å²) in [6, 6.07) is 5.98. The maximum absolute atomic E-state index is 13.8. The quantitative estimate of drug-likeness (QED) is 0.461. The molecule has 0 saturated carbocycles. The smallest absolute Gasteiger partial charge is 0.280 e. The molecular weight excluding hydrogens is 345 g/mol. The third-order valence-electron chi connectivity index (χ3n) is 4.12. The van der Waals surface area contributed by atoms with Crippen molar-refractivity contribution in [1.82, 2.24) is 14.1 Å². The molecule has 1 aromatic carbocycles. The number of hydrogen-bond acceptors (Lipinski definition) is 4. The Labute approximate surface area is 147 Å². The van der Waals surface area contributed by atoms with Gasteiger partial charge in [-0.25, -0.2) is 14.2 Å². The number of nitrogens with zero attached hydrogens (tertiary/aromatic N) is 4. The zero-order valence-corrected chi connectivity index (χ0v) is 14.3. The highest BCUT2D eigenvalue weighted by Gasteiger charge is 2.22. The van der Waals surface area contributed by atoms with Crippen LogP contribution >= 0.6 is 11.6 Å². The molecule has 6 nitrogen and oxygen atoms in total. The minimum Gasteiger partial charge on any atom is -0.280 e. The fourth-order valence-corrected chi connectivity index (χ4v) is 3.01. The first kappa shape index (κ1) is 16.9. The van der Waals surface area contributed by atoms with Gasteiger partial charge in [0.2, 0.25) is 0 Å².